The van der Waals surface area contributed by atoms with Gasteiger partial charge in [-0.15, -0.1) is 0 Å². The molecule has 0 saturated heterocycles. The molecule has 150 valence electrons. The molecule has 5 nitrogen and oxygen atoms in total. The molecule has 1 aliphatic heterocycles. The second kappa shape index (κ2) is 8.45. The summed E-state index contributed by atoms with van der Waals surface area (Å²) in [6.07, 6.45) is -0.185. The summed E-state index contributed by atoms with van der Waals surface area (Å²) < 4.78 is 17.2. The summed E-state index contributed by atoms with van der Waals surface area (Å²) in [6, 6.07) is 21.5. The molecule has 1 heterocycles. The third kappa shape index (κ3) is 4.15. The molecule has 4 rings (SSSR count). The molecule has 0 unspecified atom stereocenters. The Bertz CT molecular complexity index is 988. The summed E-state index contributed by atoms with van der Waals surface area (Å²) >= 11 is 0. The normalized spacial score (nSPS) is 16.4. The Morgan fingerprint density at radius 1 is 1.00 bits per heavy atom. The number of nitrogens with zero attached hydrogens (tertiary/aromatic N) is 1. The average Bonchev–Trinajstić information content (AvgIpc) is 2.94. The van der Waals surface area contributed by atoms with Gasteiger partial charge in [-0.3, -0.25) is 4.90 Å². The molecular formula is C24H25NO4. The van der Waals surface area contributed by atoms with E-state index in [2.05, 4.69) is 11.0 Å². The SMILES string of the molecule is COc1ccc(CN2Cc3ccccc3O[C@H](c3ccccc3OC)C2)c(O)c1. The molecule has 1 atom stereocenters. The summed E-state index contributed by atoms with van der Waals surface area (Å²) in [5.74, 6) is 2.56. The van der Waals surface area contributed by atoms with Gasteiger partial charge in [-0.25, -0.2) is 0 Å². The molecule has 0 bridgehead atoms. The van der Waals surface area contributed by atoms with E-state index in [-0.39, 0.29) is 11.9 Å². The lowest BCUT2D eigenvalue weighted by atomic mass is 10.1. The number of phenols is 1. The maximum Gasteiger partial charge on any atom is 0.140 e. The van der Waals surface area contributed by atoms with E-state index < -0.39 is 0 Å². The molecule has 29 heavy (non-hydrogen) atoms. The lowest BCUT2D eigenvalue weighted by molar-refractivity contribution is 0.140. The fourth-order valence-electron chi connectivity index (χ4n) is 3.74. The molecule has 0 saturated carbocycles. The zero-order valence-corrected chi connectivity index (χ0v) is 16.7. The highest BCUT2D eigenvalue weighted by atomic mass is 16.5. The number of methoxy groups -OCH3 is 2. The average molecular weight is 391 g/mol. The molecule has 0 aromatic heterocycles. The molecule has 3 aromatic carbocycles. The van der Waals surface area contributed by atoms with E-state index in [1.807, 2.05) is 54.6 Å². The minimum atomic E-state index is -0.185. The number of fused-ring (bicyclic) bond motifs is 1. The minimum Gasteiger partial charge on any atom is -0.507 e. The van der Waals surface area contributed by atoms with Crippen molar-refractivity contribution in [3.05, 3.63) is 83.4 Å². The number of rotatable bonds is 5. The molecule has 0 fully saturated rings. The van der Waals surface area contributed by atoms with Crippen LogP contribution in [0.1, 0.15) is 22.8 Å². The third-order valence-corrected chi connectivity index (χ3v) is 5.23. The minimum absolute atomic E-state index is 0.185. The van der Waals surface area contributed by atoms with E-state index in [0.29, 0.717) is 18.8 Å². The molecular weight excluding hydrogens is 366 g/mol. The Morgan fingerprint density at radius 2 is 1.79 bits per heavy atom. The second-order valence-electron chi connectivity index (χ2n) is 7.12. The third-order valence-electron chi connectivity index (χ3n) is 5.23. The first-order valence-electron chi connectivity index (χ1n) is 9.63. The fraction of sp³-hybridized carbons (Fsp3) is 0.250. The Labute approximate surface area is 171 Å². The second-order valence-corrected chi connectivity index (χ2v) is 7.12. The number of para-hydroxylation sites is 2. The van der Waals surface area contributed by atoms with Crippen LogP contribution in [-0.4, -0.2) is 30.8 Å². The van der Waals surface area contributed by atoms with E-state index in [0.717, 1.165) is 34.7 Å². The highest BCUT2D eigenvalue weighted by Crippen LogP contribution is 2.36. The van der Waals surface area contributed by atoms with Gasteiger partial charge in [0, 0.05) is 42.4 Å². The van der Waals surface area contributed by atoms with Crippen LogP contribution in [0.25, 0.3) is 0 Å². The van der Waals surface area contributed by atoms with Crippen LogP contribution in [0.15, 0.2) is 66.7 Å². The van der Waals surface area contributed by atoms with Gasteiger partial charge in [0.15, 0.2) is 0 Å². The smallest absolute Gasteiger partial charge is 0.140 e. The zero-order valence-electron chi connectivity index (χ0n) is 16.7. The largest absolute Gasteiger partial charge is 0.507 e. The van der Waals surface area contributed by atoms with Crippen molar-refractivity contribution >= 4 is 0 Å². The van der Waals surface area contributed by atoms with Gasteiger partial charge in [-0.2, -0.15) is 0 Å². The molecule has 1 aliphatic rings. The van der Waals surface area contributed by atoms with Gasteiger partial charge >= 0.3 is 0 Å². The molecule has 0 aliphatic carbocycles. The molecule has 0 amide bonds. The van der Waals surface area contributed by atoms with E-state index in [4.69, 9.17) is 14.2 Å². The van der Waals surface area contributed by atoms with Crippen molar-refractivity contribution in [1.29, 1.82) is 0 Å². The molecule has 1 N–H and O–H groups in total. The van der Waals surface area contributed by atoms with Crippen LogP contribution in [0.5, 0.6) is 23.0 Å². The quantitative estimate of drug-likeness (QED) is 0.692. The Kier molecular flexibility index (Phi) is 5.58. The summed E-state index contributed by atoms with van der Waals surface area (Å²) in [6.45, 7) is 1.99. The topological polar surface area (TPSA) is 51.2 Å². The maximum atomic E-state index is 10.4. The van der Waals surface area contributed by atoms with Crippen LogP contribution in [0, 0.1) is 0 Å². The van der Waals surface area contributed by atoms with Crippen molar-refractivity contribution in [3.63, 3.8) is 0 Å². The van der Waals surface area contributed by atoms with Crippen LogP contribution in [0.3, 0.4) is 0 Å². The molecule has 3 aromatic rings. The number of phenolic OH excluding ortho intramolecular Hbond substituents is 1. The number of ether oxygens (including phenoxy) is 3. The van der Waals surface area contributed by atoms with Crippen LogP contribution in [-0.2, 0) is 13.1 Å². The van der Waals surface area contributed by atoms with Crippen molar-refractivity contribution in [1.82, 2.24) is 4.90 Å². The molecule has 0 radical (unpaired) electrons. The summed E-state index contributed by atoms with van der Waals surface area (Å²) in [5, 5.41) is 10.4. The summed E-state index contributed by atoms with van der Waals surface area (Å²) in [4.78, 5) is 2.28. The summed E-state index contributed by atoms with van der Waals surface area (Å²) in [5.41, 5.74) is 2.98. The molecule has 5 heteroatoms. The van der Waals surface area contributed by atoms with E-state index in [1.54, 1.807) is 20.3 Å². The van der Waals surface area contributed by atoms with Crippen LogP contribution in [0.2, 0.25) is 0 Å². The van der Waals surface area contributed by atoms with Crippen molar-refractivity contribution in [2.45, 2.75) is 19.2 Å². The first-order valence-corrected chi connectivity index (χ1v) is 9.63. The van der Waals surface area contributed by atoms with Gasteiger partial charge in [-0.1, -0.05) is 42.5 Å². The van der Waals surface area contributed by atoms with E-state index in [9.17, 15) is 5.11 Å². The standard InChI is InChI=1S/C24H25NO4/c1-27-19-12-11-17(21(26)13-19)14-25-15-18-7-3-5-9-22(18)29-24(16-25)20-8-4-6-10-23(20)28-2/h3-13,24,26H,14-16H2,1-2H3/t24-/m0/s1. The Balaban J connectivity index is 1.67. The van der Waals surface area contributed by atoms with Crippen molar-refractivity contribution in [3.8, 4) is 23.0 Å². The van der Waals surface area contributed by atoms with Crippen molar-refractivity contribution in [2.24, 2.45) is 0 Å². The van der Waals surface area contributed by atoms with E-state index >= 15 is 0 Å². The van der Waals surface area contributed by atoms with Gasteiger partial charge in [0.1, 0.15) is 29.1 Å². The number of benzene rings is 3. The predicted molar refractivity (Wildman–Crippen MR) is 112 cm³/mol. The highest BCUT2D eigenvalue weighted by Gasteiger charge is 2.26. The van der Waals surface area contributed by atoms with E-state index in [1.165, 1.54) is 0 Å². The monoisotopic (exact) mass is 391 g/mol. The number of hydrogen-bond acceptors (Lipinski definition) is 5. The van der Waals surface area contributed by atoms with Crippen LogP contribution in [0.4, 0.5) is 0 Å². The first kappa shape index (κ1) is 19.2. The molecule has 0 spiro atoms. The lowest BCUT2D eigenvalue weighted by Gasteiger charge is -2.25. The van der Waals surface area contributed by atoms with Crippen LogP contribution >= 0.6 is 0 Å². The van der Waals surface area contributed by atoms with Gasteiger partial charge < -0.3 is 19.3 Å². The van der Waals surface area contributed by atoms with Gasteiger partial charge in [0.25, 0.3) is 0 Å². The fourth-order valence-corrected chi connectivity index (χ4v) is 3.74. The van der Waals surface area contributed by atoms with Gasteiger partial charge in [-0.05, 0) is 18.2 Å². The van der Waals surface area contributed by atoms with Gasteiger partial charge in [0.2, 0.25) is 0 Å². The van der Waals surface area contributed by atoms with Crippen LogP contribution < -0.4 is 14.2 Å². The maximum absolute atomic E-state index is 10.4. The van der Waals surface area contributed by atoms with Crippen molar-refractivity contribution < 1.29 is 19.3 Å². The number of hydrogen-bond donors (Lipinski definition) is 1. The number of aromatic hydroxyl groups is 1. The van der Waals surface area contributed by atoms with Crippen molar-refractivity contribution in [2.75, 3.05) is 20.8 Å². The predicted octanol–water partition coefficient (Wildman–Crippen LogP) is 4.55. The first-order chi connectivity index (χ1) is 14.2. The zero-order chi connectivity index (χ0) is 20.2. The van der Waals surface area contributed by atoms with Gasteiger partial charge in [0.05, 0.1) is 14.2 Å². The Morgan fingerprint density at radius 3 is 2.59 bits per heavy atom. The summed E-state index contributed by atoms with van der Waals surface area (Å²) in [7, 11) is 3.27. The Hall–Kier alpha value is -3.18. The lowest BCUT2D eigenvalue weighted by Crippen LogP contribution is -2.28. The highest BCUT2D eigenvalue weighted by molar-refractivity contribution is 5.41.